The van der Waals surface area contributed by atoms with Gasteiger partial charge in [0.15, 0.2) is 0 Å². The molecule has 21 heavy (non-hydrogen) atoms. The average molecular weight is 307 g/mol. The molecule has 0 spiro atoms. The van der Waals surface area contributed by atoms with E-state index in [9.17, 15) is 8.42 Å². The molecule has 1 aromatic carbocycles. The molecule has 5 nitrogen and oxygen atoms in total. The fourth-order valence-electron chi connectivity index (χ4n) is 2.20. The molecule has 1 heterocycles. The Morgan fingerprint density at radius 3 is 2.38 bits per heavy atom. The molecule has 0 fully saturated rings. The summed E-state index contributed by atoms with van der Waals surface area (Å²) in [7, 11) is -1.55. The number of aryl methyl sites for hydroxylation is 1. The van der Waals surface area contributed by atoms with E-state index in [1.807, 2.05) is 57.4 Å². The first kappa shape index (κ1) is 15.7. The Hall–Kier alpha value is -1.66. The second kappa shape index (κ2) is 6.41. The third-order valence-electron chi connectivity index (χ3n) is 3.22. The second-order valence-electron chi connectivity index (χ2n) is 5.40. The predicted molar refractivity (Wildman–Crippen MR) is 83.0 cm³/mol. The highest BCUT2D eigenvalue weighted by atomic mass is 32.2. The zero-order valence-corrected chi connectivity index (χ0v) is 13.4. The first-order valence-corrected chi connectivity index (χ1v) is 8.50. The van der Waals surface area contributed by atoms with Crippen LogP contribution in [0.1, 0.15) is 25.0 Å². The Morgan fingerprint density at radius 1 is 1.19 bits per heavy atom. The molecule has 0 radical (unpaired) electrons. The third-order valence-corrected chi connectivity index (χ3v) is 5.19. The summed E-state index contributed by atoms with van der Waals surface area (Å²) < 4.78 is 28.5. The van der Waals surface area contributed by atoms with Crippen molar-refractivity contribution >= 4 is 10.0 Å². The fraction of sp³-hybridized carbons (Fsp3) is 0.400. The van der Waals surface area contributed by atoms with Crippen LogP contribution in [0.2, 0.25) is 0 Å². The maximum atomic E-state index is 12.7. The van der Waals surface area contributed by atoms with Crippen molar-refractivity contribution in [3.63, 3.8) is 0 Å². The standard InChI is InChI=1S/C15H21N3O2S/c1-13(2)18(11-15-9-16-17(3)10-15)21(19,20)12-14-7-5-4-6-8-14/h4-10,13H,11-12H2,1-3H3. The van der Waals surface area contributed by atoms with Gasteiger partial charge in [-0.05, 0) is 19.4 Å². The van der Waals surface area contributed by atoms with Gasteiger partial charge in [-0.1, -0.05) is 30.3 Å². The van der Waals surface area contributed by atoms with Gasteiger partial charge in [0.1, 0.15) is 0 Å². The van der Waals surface area contributed by atoms with Gasteiger partial charge in [0.25, 0.3) is 0 Å². The van der Waals surface area contributed by atoms with E-state index in [0.29, 0.717) is 6.54 Å². The maximum Gasteiger partial charge on any atom is 0.218 e. The van der Waals surface area contributed by atoms with E-state index in [2.05, 4.69) is 5.10 Å². The van der Waals surface area contributed by atoms with E-state index in [1.165, 1.54) is 4.31 Å². The summed E-state index contributed by atoms with van der Waals surface area (Å²) >= 11 is 0. The quantitative estimate of drug-likeness (QED) is 0.822. The molecule has 0 atom stereocenters. The molecule has 0 aliphatic rings. The molecule has 0 unspecified atom stereocenters. The fourth-order valence-corrected chi connectivity index (χ4v) is 3.97. The average Bonchev–Trinajstić information content (AvgIpc) is 2.82. The van der Waals surface area contributed by atoms with Gasteiger partial charge in [-0.15, -0.1) is 0 Å². The smallest absolute Gasteiger partial charge is 0.218 e. The van der Waals surface area contributed by atoms with Crippen molar-refractivity contribution < 1.29 is 8.42 Å². The topological polar surface area (TPSA) is 55.2 Å². The molecule has 2 rings (SSSR count). The van der Waals surface area contributed by atoms with E-state index >= 15 is 0 Å². The van der Waals surface area contributed by atoms with Crippen LogP contribution < -0.4 is 0 Å². The Morgan fingerprint density at radius 2 is 1.86 bits per heavy atom. The molecule has 114 valence electrons. The molecule has 0 saturated carbocycles. The minimum absolute atomic E-state index is 0.0201. The zero-order chi connectivity index (χ0) is 15.5. The minimum Gasteiger partial charge on any atom is -0.275 e. The Kier molecular flexibility index (Phi) is 4.80. The lowest BCUT2D eigenvalue weighted by Crippen LogP contribution is -2.37. The summed E-state index contributed by atoms with van der Waals surface area (Å²) in [5.41, 5.74) is 1.69. The number of nitrogens with zero attached hydrogens (tertiary/aromatic N) is 3. The van der Waals surface area contributed by atoms with Crippen LogP contribution >= 0.6 is 0 Å². The van der Waals surface area contributed by atoms with E-state index in [4.69, 9.17) is 0 Å². The Labute approximate surface area is 126 Å². The summed E-state index contributed by atoms with van der Waals surface area (Å²) in [4.78, 5) is 0. The molecular weight excluding hydrogens is 286 g/mol. The van der Waals surface area contributed by atoms with Crippen LogP contribution in [0.5, 0.6) is 0 Å². The number of rotatable bonds is 6. The highest BCUT2D eigenvalue weighted by Gasteiger charge is 2.25. The molecule has 1 aromatic heterocycles. The third kappa shape index (κ3) is 4.15. The molecule has 2 aromatic rings. The molecule has 0 N–H and O–H groups in total. The van der Waals surface area contributed by atoms with Gasteiger partial charge in [-0.2, -0.15) is 9.40 Å². The molecule has 0 amide bonds. The SMILES string of the molecule is CC(C)N(Cc1cnn(C)c1)S(=O)(=O)Cc1ccccc1. The minimum atomic E-state index is -3.37. The number of hydrogen-bond acceptors (Lipinski definition) is 3. The first-order valence-electron chi connectivity index (χ1n) is 6.89. The number of sulfonamides is 1. The summed E-state index contributed by atoms with van der Waals surface area (Å²) in [6.45, 7) is 4.12. The van der Waals surface area contributed by atoms with E-state index in [0.717, 1.165) is 11.1 Å². The number of hydrogen-bond donors (Lipinski definition) is 0. The van der Waals surface area contributed by atoms with Crippen LogP contribution in [-0.4, -0.2) is 28.5 Å². The predicted octanol–water partition coefficient (Wildman–Crippen LogP) is 2.16. The number of aromatic nitrogens is 2. The molecule has 0 aliphatic heterocycles. The molecule has 0 saturated heterocycles. The van der Waals surface area contributed by atoms with Crippen LogP contribution in [0.4, 0.5) is 0 Å². The van der Waals surface area contributed by atoms with Gasteiger partial charge < -0.3 is 0 Å². The first-order chi connectivity index (χ1) is 9.88. The van der Waals surface area contributed by atoms with Crippen LogP contribution in [0.15, 0.2) is 42.7 Å². The van der Waals surface area contributed by atoms with Gasteiger partial charge in [0.05, 0.1) is 11.9 Å². The van der Waals surface area contributed by atoms with Crippen LogP contribution in [0.25, 0.3) is 0 Å². The van der Waals surface area contributed by atoms with Crippen molar-refractivity contribution in [2.45, 2.75) is 32.2 Å². The Balaban J connectivity index is 2.20. The maximum absolute atomic E-state index is 12.7. The summed E-state index contributed by atoms with van der Waals surface area (Å²) in [6, 6.07) is 9.16. The van der Waals surface area contributed by atoms with Crippen LogP contribution in [0.3, 0.4) is 0 Å². The second-order valence-corrected chi connectivity index (χ2v) is 7.32. The lowest BCUT2D eigenvalue weighted by Gasteiger charge is -2.25. The van der Waals surface area contributed by atoms with Crippen molar-refractivity contribution in [2.24, 2.45) is 7.05 Å². The van der Waals surface area contributed by atoms with Crippen molar-refractivity contribution in [1.82, 2.24) is 14.1 Å². The highest BCUT2D eigenvalue weighted by molar-refractivity contribution is 7.88. The lowest BCUT2D eigenvalue weighted by atomic mass is 10.2. The van der Waals surface area contributed by atoms with Gasteiger partial charge in [0, 0.05) is 31.4 Å². The molecule has 6 heteroatoms. The number of benzene rings is 1. The van der Waals surface area contributed by atoms with Gasteiger partial charge in [-0.25, -0.2) is 8.42 Å². The van der Waals surface area contributed by atoms with Gasteiger partial charge in [0.2, 0.25) is 10.0 Å². The monoisotopic (exact) mass is 307 g/mol. The Bertz CT molecular complexity index is 678. The van der Waals surface area contributed by atoms with Crippen molar-refractivity contribution in [3.05, 3.63) is 53.9 Å². The summed E-state index contributed by atoms with van der Waals surface area (Å²) in [5, 5.41) is 4.09. The van der Waals surface area contributed by atoms with Gasteiger partial charge in [-0.3, -0.25) is 4.68 Å². The van der Waals surface area contributed by atoms with E-state index in [1.54, 1.807) is 10.9 Å². The molecule has 0 bridgehead atoms. The van der Waals surface area contributed by atoms with E-state index < -0.39 is 10.0 Å². The zero-order valence-electron chi connectivity index (χ0n) is 12.6. The van der Waals surface area contributed by atoms with Crippen LogP contribution in [-0.2, 0) is 29.4 Å². The van der Waals surface area contributed by atoms with E-state index in [-0.39, 0.29) is 11.8 Å². The lowest BCUT2D eigenvalue weighted by molar-refractivity contribution is 0.347. The van der Waals surface area contributed by atoms with Gasteiger partial charge >= 0.3 is 0 Å². The highest BCUT2D eigenvalue weighted by Crippen LogP contribution is 2.17. The van der Waals surface area contributed by atoms with Crippen molar-refractivity contribution in [2.75, 3.05) is 0 Å². The van der Waals surface area contributed by atoms with Crippen molar-refractivity contribution in [3.8, 4) is 0 Å². The molecule has 0 aliphatic carbocycles. The van der Waals surface area contributed by atoms with Crippen molar-refractivity contribution in [1.29, 1.82) is 0 Å². The van der Waals surface area contributed by atoms with Crippen LogP contribution in [0, 0.1) is 0 Å². The molecular formula is C15H21N3O2S. The summed E-state index contributed by atoms with van der Waals surface area (Å²) in [6.07, 6.45) is 3.54. The largest absolute Gasteiger partial charge is 0.275 e. The normalized spacial score (nSPS) is 12.2. The summed E-state index contributed by atoms with van der Waals surface area (Å²) in [5.74, 6) is 0.0201.